The van der Waals surface area contributed by atoms with Crippen LogP contribution in [0.4, 0.5) is 0 Å². The minimum atomic E-state index is 0.575. The summed E-state index contributed by atoms with van der Waals surface area (Å²) in [6.07, 6.45) is 20.1. The van der Waals surface area contributed by atoms with Gasteiger partial charge in [-0.2, -0.15) is 0 Å². The number of allylic oxidation sites excluding steroid dienone is 3. The normalized spacial score (nSPS) is 13.6. The summed E-state index contributed by atoms with van der Waals surface area (Å²) >= 11 is 0. The molecule has 27 heavy (non-hydrogen) atoms. The summed E-state index contributed by atoms with van der Waals surface area (Å²) in [4.78, 5) is 0. The highest BCUT2D eigenvalue weighted by Crippen LogP contribution is 2.29. The Morgan fingerprint density at radius 2 is 1.74 bits per heavy atom. The lowest BCUT2D eigenvalue weighted by atomic mass is 9.81. The molecule has 0 N–H and O–H groups in total. The van der Waals surface area contributed by atoms with Crippen molar-refractivity contribution in [2.24, 2.45) is 17.8 Å². The molecule has 0 heteroatoms. The molecule has 0 aromatic heterocycles. The van der Waals surface area contributed by atoms with Crippen LogP contribution in [-0.2, 0) is 6.42 Å². The fourth-order valence-electron chi connectivity index (χ4n) is 3.79. The topological polar surface area (TPSA) is 0 Å². The van der Waals surface area contributed by atoms with Gasteiger partial charge in [0.2, 0.25) is 0 Å². The molecule has 0 spiro atoms. The van der Waals surface area contributed by atoms with Crippen LogP contribution in [0.25, 0.3) is 0 Å². The van der Waals surface area contributed by atoms with Gasteiger partial charge in [-0.05, 0) is 67.6 Å². The Labute approximate surface area is 169 Å². The monoisotopic (exact) mass is 364 g/mol. The van der Waals surface area contributed by atoms with Crippen LogP contribution in [0.3, 0.4) is 0 Å². The average molecular weight is 365 g/mol. The third kappa shape index (κ3) is 8.66. The third-order valence-electron chi connectivity index (χ3n) is 5.99. The van der Waals surface area contributed by atoms with Crippen LogP contribution < -0.4 is 0 Å². The molecule has 0 radical (unpaired) electrons. The number of hydrogen-bond donors (Lipinski definition) is 0. The molecule has 0 saturated heterocycles. The van der Waals surface area contributed by atoms with Crippen LogP contribution in [0.5, 0.6) is 0 Å². The lowest BCUT2D eigenvalue weighted by Crippen LogP contribution is -2.13. The summed E-state index contributed by atoms with van der Waals surface area (Å²) in [6.45, 7) is 13.6. The molecule has 0 aliphatic carbocycles. The van der Waals surface area contributed by atoms with Crippen LogP contribution in [0.1, 0.15) is 83.8 Å². The standard InChI is InChI=1S/C27H40/c1-7-13-27(23(6)22(5)16-17-24(8-2)9-3)15-12-11-14-26-20-18-25(10-4)19-21-26/h4,16-21,23-24,27H,5,7-9,11-15H2,1-3,6H3. The molecule has 0 nitrogen and oxygen atoms in total. The minimum Gasteiger partial charge on any atom is -0.115 e. The highest BCUT2D eigenvalue weighted by atomic mass is 14.2. The number of hydrogen-bond acceptors (Lipinski definition) is 0. The van der Waals surface area contributed by atoms with Crippen molar-refractivity contribution in [3.63, 3.8) is 0 Å². The van der Waals surface area contributed by atoms with E-state index < -0.39 is 0 Å². The predicted octanol–water partition coefficient (Wildman–Crippen LogP) is 7.98. The maximum absolute atomic E-state index is 5.43. The van der Waals surface area contributed by atoms with Gasteiger partial charge in [-0.15, -0.1) is 6.42 Å². The summed E-state index contributed by atoms with van der Waals surface area (Å²) in [6, 6.07) is 8.44. The predicted molar refractivity (Wildman–Crippen MR) is 122 cm³/mol. The summed E-state index contributed by atoms with van der Waals surface area (Å²) in [7, 11) is 0. The van der Waals surface area contributed by atoms with Crippen molar-refractivity contribution in [2.45, 2.75) is 79.1 Å². The van der Waals surface area contributed by atoms with Gasteiger partial charge in [0.25, 0.3) is 0 Å². The van der Waals surface area contributed by atoms with Crippen molar-refractivity contribution in [1.82, 2.24) is 0 Å². The van der Waals surface area contributed by atoms with E-state index in [1.54, 1.807) is 0 Å². The Kier molecular flexibility index (Phi) is 11.6. The highest BCUT2D eigenvalue weighted by molar-refractivity contribution is 5.34. The zero-order valence-electron chi connectivity index (χ0n) is 18.1. The van der Waals surface area contributed by atoms with E-state index in [9.17, 15) is 0 Å². The Morgan fingerprint density at radius 1 is 1.07 bits per heavy atom. The number of aryl methyl sites for hydroxylation is 1. The van der Waals surface area contributed by atoms with Crippen LogP contribution >= 0.6 is 0 Å². The molecule has 0 bridgehead atoms. The van der Waals surface area contributed by atoms with Crippen LogP contribution in [0, 0.1) is 30.1 Å². The molecule has 0 fully saturated rings. The Bertz CT molecular complexity index is 592. The first-order valence-electron chi connectivity index (χ1n) is 11.0. The quantitative estimate of drug-likeness (QED) is 0.189. The van der Waals surface area contributed by atoms with Gasteiger partial charge in [0.1, 0.15) is 0 Å². The van der Waals surface area contributed by atoms with Crippen molar-refractivity contribution in [3.05, 3.63) is 59.7 Å². The zero-order valence-corrected chi connectivity index (χ0v) is 18.1. The van der Waals surface area contributed by atoms with E-state index in [0.717, 1.165) is 17.9 Å². The highest BCUT2D eigenvalue weighted by Gasteiger charge is 2.17. The van der Waals surface area contributed by atoms with Gasteiger partial charge in [0.05, 0.1) is 0 Å². The van der Waals surface area contributed by atoms with Gasteiger partial charge >= 0.3 is 0 Å². The van der Waals surface area contributed by atoms with Crippen molar-refractivity contribution in [1.29, 1.82) is 0 Å². The number of unbranched alkanes of at least 4 members (excludes halogenated alkanes) is 1. The number of rotatable bonds is 13. The molecule has 1 aromatic rings. The lowest BCUT2D eigenvalue weighted by Gasteiger charge is -2.24. The van der Waals surface area contributed by atoms with E-state index in [1.165, 1.54) is 56.1 Å². The molecule has 0 heterocycles. The second-order valence-electron chi connectivity index (χ2n) is 7.94. The largest absolute Gasteiger partial charge is 0.115 e. The Hall–Kier alpha value is -1.74. The van der Waals surface area contributed by atoms with Crippen LogP contribution in [0.15, 0.2) is 48.6 Å². The SMILES string of the molecule is C#Cc1ccc(CCCCC(CCC)C(C)C(=C)C=CC(CC)CC)cc1. The summed E-state index contributed by atoms with van der Waals surface area (Å²) in [5.41, 5.74) is 3.67. The number of terminal acetylenes is 1. The van der Waals surface area contributed by atoms with Crippen molar-refractivity contribution in [3.8, 4) is 12.3 Å². The molecule has 0 saturated carbocycles. The third-order valence-corrected chi connectivity index (χ3v) is 5.99. The Balaban J connectivity index is 2.49. The second-order valence-corrected chi connectivity index (χ2v) is 7.94. The van der Waals surface area contributed by atoms with Crippen molar-refractivity contribution in [2.75, 3.05) is 0 Å². The van der Waals surface area contributed by atoms with E-state index in [-0.39, 0.29) is 0 Å². The number of benzene rings is 1. The van der Waals surface area contributed by atoms with Crippen molar-refractivity contribution >= 4 is 0 Å². The van der Waals surface area contributed by atoms with E-state index >= 15 is 0 Å². The maximum atomic E-state index is 5.43. The molecule has 0 aliphatic rings. The molecular formula is C27H40. The van der Waals surface area contributed by atoms with Gasteiger partial charge in [-0.25, -0.2) is 0 Å². The first-order valence-corrected chi connectivity index (χ1v) is 11.0. The molecule has 2 unspecified atom stereocenters. The fraction of sp³-hybridized carbons (Fsp3) is 0.556. The molecule has 2 atom stereocenters. The maximum Gasteiger partial charge on any atom is 0.0242 e. The van der Waals surface area contributed by atoms with E-state index in [1.807, 2.05) is 12.1 Å². The molecule has 0 aliphatic heterocycles. The average Bonchev–Trinajstić information content (AvgIpc) is 2.70. The summed E-state index contributed by atoms with van der Waals surface area (Å²) in [5.74, 6) is 4.70. The van der Waals surface area contributed by atoms with Gasteiger partial charge in [-0.3, -0.25) is 0 Å². The first-order chi connectivity index (χ1) is 13.0. The smallest absolute Gasteiger partial charge is 0.0242 e. The Morgan fingerprint density at radius 3 is 2.30 bits per heavy atom. The fourth-order valence-corrected chi connectivity index (χ4v) is 3.79. The molecule has 1 aromatic carbocycles. The molecule has 1 rings (SSSR count). The summed E-state index contributed by atoms with van der Waals surface area (Å²) < 4.78 is 0. The zero-order chi connectivity index (χ0) is 20.1. The van der Waals surface area contributed by atoms with Gasteiger partial charge < -0.3 is 0 Å². The first kappa shape index (κ1) is 23.3. The van der Waals surface area contributed by atoms with Gasteiger partial charge in [-0.1, -0.05) is 89.3 Å². The molecule has 0 amide bonds. The van der Waals surface area contributed by atoms with E-state index in [0.29, 0.717) is 11.8 Å². The van der Waals surface area contributed by atoms with E-state index in [2.05, 4.69) is 64.5 Å². The molecule has 148 valence electrons. The van der Waals surface area contributed by atoms with E-state index in [4.69, 9.17) is 6.42 Å². The molecular weight excluding hydrogens is 324 g/mol. The van der Waals surface area contributed by atoms with Crippen molar-refractivity contribution < 1.29 is 0 Å². The minimum absolute atomic E-state index is 0.575. The van der Waals surface area contributed by atoms with Crippen LogP contribution in [-0.4, -0.2) is 0 Å². The summed E-state index contributed by atoms with van der Waals surface area (Å²) in [5, 5.41) is 0. The van der Waals surface area contributed by atoms with Gasteiger partial charge in [0, 0.05) is 5.56 Å². The second kappa shape index (κ2) is 13.4. The van der Waals surface area contributed by atoms with Gasteiger partial charge in [0.15, 0.2) is 0 Å². The van der Waals surface area contributed by atoms with Crippen LogP contribution in [0.2, 0.25) is 0 Å². The lowest BCUT2D eigenvalue weighted by molar-refractivity contribution is 0.342.